The molecule has 0 unspecified atom stereocenters. The van der Waals surface area contributed by atoms with Crippen LogP contribution < -0.4 is 5.32 Å². The molecule has 1 amide bonds. The van der Waals surface area contributed by atoms with Crippen LogP contribution in [0.3, 0.4) is 0 Å². The number of ether oxygens (including phenoxy) is 2. The van der Waals surface area contributed by atoms with E-state index in [1.165, 1.54) is 18.2 Å². The van der Waals surface area contributed by atoms with Crippen LogP contribution in [0.1, 0.15) is 20.8 Å². The van der Waals surface area contributed by atoms with Gasteiger partial charge in [0, 0.05) is 20.7 Å². The van der Waals surface area contributed by atoms with Gasteiger partial charge >= 0.3 is 11.9 Å². The van der Waals surface area contributed by atoms with Crippen LogP contribution in [0.15, 0.2) is 18.3 Å². The molecule has 0 aromatic carbocycles. The molecule has 0 radical (unpaired) electrons. The van der Waals surface area contributed by atoms with Crippen molar-refractivity contribution in [3.8, 4) is 0 Å². The zero-order valence-corrected chi connectivity index (χ0v) is 14.6. The van der Waals surface area contributed by atoms with Gasteiger partial charge in [0.15, 0.2) is 0 Å². The predicted molar refractivity (Wildman–Crippen MR) is 89.0 cm³/mol. The van der Waals surface area contributed by atoms with Crippen LogP contribution in [-0.2, 0) is 9.47 Å². The van der Waals surface area contributed by atoms with Gasteiger partial charge in [-0.25, -0.2) is 4.79 Å². The molecule has 0 fully saturated rings. The zero-order chi connectivity index (χ0) is 18.3. The summed E-state index contributed by atoms with van der Waals surface area (Å²) in [7, 11) is 3.11. The van der Waals surface area contributed by atoms with E-state index in [1.54, 1.807) is 40.0 Å². The van der Waals surface area contributed by atoms with E-state index in [0.29, 0.717) is 5.69 Å². The maximum Gasteiger partial charge on any atom is 0.410 e. The molecule has 0 saturated heterocycles. The molecular formula is C15H24N4O5. The molecule has 0 saturated carbocycles. The van der Waals surface area contributed by atoms with E-state index in [9.17, 15) is 14.9 Å². The number of likely N-dealkylation sites (N-methyl/N-ethyl adjacent to an activating group) is 1. The summed E-state index contributed by atoms with van der Waals surface area (Å²) in [6, 6.07) is 3.17. The number of nitrogens with zero attached hydrogens (tertiary/aromatic N) is 3. The van der Waals surface area contributed by atoms with Crippen molar-refractivity contribution in [2.45, 2.75) is 32.5 Å². The summed E-state index contributed by atoms with van der Waals surface area (Å²) in [6.07, 6.45) is 0.521. The van der Waals surface area contributed by atoms with Crippen LogP contribution in [-0.4, -0.2) is 59.9 Å². The Morgan fingerprint density at radius 1 is 1.50 bits per heavy atom. The lowest BCUT2D eigenvalue weighted by Gasteiger charge is -2.27. The fraction of sp³-hybridized carbons (Fsp3) is 0.600. The quantitative estimate of drug-likeness (QED) is 0.599. The molecule has 9 heteroatoms. The van der Waals surface area contributed by atoms with Crippen LogP contribution >= 0.6 is 0 Å². The summed E-state index contributed by atoms with van der Waals surface area (Å²) in [5.74, 6) is -0.257. The molecule has 134 valence electrons. The molecule has 1 atom stereocenters. The lowest BCUT2D eigenvalue weighted by molar-refractivity contribution is -0.388. The molecule has 9 nitrogen and oxygen atoms in total. The predicted octanol–water partition coefficient (Wildman–Crippen LogP) is 2.28. The number of anilines is 1. The van der Waals surface area contributed by atoms with Gasteiger partial charge in [-0.3, -0.25) is 0 Å². The number of carbonyl (C=O) groups excluding carboxylic acids is 1. The van der Waals surface area contributed by atoms with E-state index in [4.69, 9.17) is 9.47 Å². The molecule has 1 aromatic rings. The van der Waals surface area contributed by atoms with Crippen molar-refractivity contribution in [2.24, 2.45) is 0 Å². The second-order valence-electron chi connectivity index (χ2n) is 6.23. The van der Waals surface area contributed by atoms with Gasteiger partial charge in [-0.15, -0.1) is 0 Å². The van der Waals surface area contributed by atoms with Crippen molar-refractivity contribution in [3.63, 3.8) is 0 Å². The third kappa shape index (κ3) is 6.37. The van der Waals surface area contributed by atoms with Crippen molar-refractivity contribution < 1.29 is 19.2 Å². The Kier molecular flexibility index (Phi) is 6.90. The summed E-state index contributed by atoms with van der Waals surface area (Å²) in [5.41, 5.74) is -0.285. The monoisotopic (exact) mass is 340 g/mol. The average Bonchev–Trinajstić information content (AvgIpc) is 2.49. The summed E-state index contributed by atoms with van der Waals surface area (Å²) in [5, 5.41) is 13.9. The molecular weight excluding hydrogens is 316 g/mol. The highest BCUT2D eigenvalue weighted by atomic mass is 16.6. The number of nitrogens with one attached hydrogen (secondary N) is 1. The molecule has 1 heterocycles. The number of hydrogen-bond donors (Lipinski definition) is 1. The number of nitro groups is 1. The molecule has 1 N–H and O–H groups in total. The second-order valence-corrected chi connectivity index (χ2v) is 6.23. The SMILES string of the molecule is CO[C@H](CNc1cccnc1[N+](=O)[O-])CN(C)C(=O)OC(C)(C)C. The second kappa shape index (κ2) is 8.44. The highest BCUT2D eigenvalue weighted by molar-refractivity contribution is 5.67. The first-order valence-electron chi connectivity index (χ1n) is 7.44. The van der Waals surface area contributed by atoms with Gasteiger partial charge in [0.25, 0.3) is 0 Å². The van der Waals surface area contributed by atoms with Gasteiger partial charge in [0.1, 0.15) is 17.5 Å². The van der Waals surface area contributed by atoms with Crippen LogP contribution in [0, 0.1) is 10.1 Å². The normalized spacial score (nSPS) is 12.4. The van der Waals surface area contributed by atoms with Crippen LogP contribution in [0.4, 0.5) is 16.3 Å². The number of aromatic nitrogens is 1. The number of hydrogen-bond acceptors (Lipinski definition) is 7. The van der Waals surface area contributed by atoms with E-state index < -0.39 is 16.6 Å². The Balaban J connectivity index is 2.62. The van der Waals surface area contributed by atoms with Crippen molar-refractivity contribution in [1.29, 1.82) is 0 Å². The maximum absolute atomic E-state index is 12.0. The van der Waals surface area contributed by atoms with E-state index in [-0.39, 0.29) is 25.0 Å². The minimum Gasteiger partial charge on any atom is -0.444 e. The van der Waals surface area contributed by atoms with Crippen molar-refractivity contribution in [3.05, 3.63) is 28.4 Å². The first-order chi connectivity index (χ1) is 11.1. The first-order valence-corrected chi connectivity index (χ1v) is 7.44. The van der Waals surface area contributed by atoms with Crippen LogP contribution in [0.25, 0.3) is 0 Å². The van der Waals surface area contributed by atoms with E-state index in [1.807, 2.05) is 0 Å². The summed E-state index contributed by atoms with van der Waals surface area (Å²) < 4.78 is 10.6. The van der Waals surface area contributed by atoms with E-state index >= 15 is 0 Å². The molecule has 0 aliphatic heterocycles. The fourth-order valence-electron chi connectivity index (χ4n) is 1.85. The lowest BCUT2D eigenvalue weighted by Crippen LogP contribution is -2.41. The third-order valence-electron chi connectivity index (χ3n) is 3.00. The van der Waals surface area contributed by atoms with Crippen molar-refractivity contribution in [1.82, 2.24) is 9.88 Å². The molecule has 0 aliphatic rings. The van der Waals surface area contributed by atoms with Crippen LogP contribution in [0.2, 0.25) is 0 Å². The minimum absolute atomic E-state index is 0.257. The number of amides is 1. The van der Waals surface area contributed by atoms with E-state index in [0.717, 1.165) is 0 Å². The van der Waals surface area contributed by atoms with Gasteiger partial charge in [-0.2, -0.15) is 0 Å². The summed E-state index contributed by atoms with van der Waals surface area (Å²) in [6.45, 7) is 5.91. The number of methoxy groups -OCH3 is 1. The van der Waals surface area contributed by atoms with Gasteiger partial charge in [0.05, 0.1) is 12.6 Å². The Morgan fingerprint density at radius 2 is 2.17 bits per heavy atom. The van der Waals surface area contributed by atoms with Crippen LogP contribution in [0.5, 0.6) is 0 Å². The Morgan fingerprint density at radius 3 is 2.71 bits per heavy atom. The molecule has 1 rings (SSSR count). The number of rotatable bonds is 7. The Bertz CT molecular complexity index is 573. The zero-order valence-electron chi connectivity index (χ0n) is 14.6. The summed E-state index contributed by atoms with van der Waals surface area (Å²) >= 11 is 0. The summed E-state index contributed by atoms with van der Waals surface area (Å²) in [4.78, 5) is 27.5. The van der Waals surface area contributed by atoms with Gasteiger partial charge in [0.2, 0.25) is 0 Å². The maximum atomic E-state index is 12.0. The smallest absolute Gasteiger partial charge is 0.410 e. The Labute approximate surface area is 141 Å². The molecule has 24 heavy (non-hydrogen) atoms. The van der Waals surface area contributed by atoms with Gasteiger partial charge < -0.3 is 29.8 Å². The van der Waals surface area contributed by atoms with Gasteiger partial charge in [-0.05, 0) is 42.8 Å². The molecule has 0 spiro atoms. The topological polar surface area (TPSA) is 107 Å². The highest BCUT2D eigenvalue weighted by Crippen LogP contribution is 2.20. The third-order valence-corrected chi connectivity index (χ3v) is 3.00. The molecule has 0 bridgehead atoms. The Hall–Kier alpha value is -2.42. The largest absolute Gasteiger partial charge is 0.444 e. The highest BCUT2D eigenvalue weighted by Gasteiger charge is 2.22. The lowest BCUT2D eigenvalue weighted by atomic mass is 10.2. The van der Waals surface area contributed by atoms with Crippen molar-refractivity contribution >= 4 is 17.6 Å². The fourth-order valence-corrected chi connectivity index (χ4v) is 1.85. The van der Waals surface area contributed by atoms with E-state index in [2.05, 4.69) is 10.3 Å². The number of pyridine rings is 1. The molecule has 1 aromatic heterocycles. The average molecular weight is 340 g/mol. The first kappa shape index (κ1) is 19.6. The van der Waals surface area contributed by atoms with Crippen molar-refractivity contribution in [2.75, 3.05) is 32.6 Å². The minimum atomic E-state index is -0.581. The molecule has 0 aliphatic carbocycles. The standard InChI is InChI=1S/C15H24N4O5/c1-15(2,3)24-14(20)18(4)10-11(23-5)9-17-12-7-6-8-16-13(12)19(21)22/h6-8,11,17H,9-10H2,1-5H3/t11-/m1/s1. The number of carbonyl (C=O) groups is 1. The van der Waals surface area contributed by atoms with Gasteiger partial charge in [-0.1, -0.05) is 0 Å².